The fraction of sp³-hybridized carbons (Fsp3) is 0.462. The molecule has 0 aliphatic heterocycles. The third-order valence-electron chi connectivity index (χ3n) is 2.84. The molecule has 0 spiro atoms. The summed E-state index contributed by atoms with van der Waals surface area (Å²) < 4.78 is 25.4. The predicted octanol–water partition coefficient (Wildman–Crippen LogP) is 0.509. The van der Waals surface area contributed by atoms with Gasteiger partial charge < -0.3 is 11.1 Å². The molecule has 7 heteroatoms. The summed E-state index contributed by atoms with van der Waals surface area (Å²) in [5.74, 6) is -0.126. The standard InChI is InChI=1S/C13H21N3O3S/c1-9(14)8-13(17)16-10(2)11-4-6-12(7-5-11)20(18,19)15-3/h4-7,9-10,15H,8,14H2,1-3H3,(H,16,17). The third kappa shape index (κ3) is 4.59. The lowest BCUT2D eigenvalue weighted by Crippen LogP contribution is -2.31. The van der Waals surface area contributed by atoms with Crippen molar-refractivity contribution in [2.45, 2.75) is 37.2 Å². The van der Waals surface area contributed by atoms with E-state index in [2.05, 4.69) is 10.0 Å². The molecule has 1 rings (SSSR count). The van der Waals surface area contributed by atoms with Crippen LogP contribution in [0.5, 0.6) is 0 Å². The average molecular weight is 299 g/mol. The van der Waals surface area contributed by atoms with Crippen LogP contribution in [-0.2, 0) is 14.8 Å². The molecule has 0 saturated carbocycles. The molecule has 1 amide bonds. The Hall–Kier alpha value is -1.44. The number of hydrogen-bond donors (Lipinski definition) is 3. The zero-order valence-corrected chi connectivity index (χ0v) is 12.7. The molecular formula is C13H21N3O3S. The summed E-state index contributed by atoms with van der Waals surface area (Å²) in [5, 5.41) is 2.82. The summed E-state index contributed by atoms with van der Waals surface area (Å²) in [5.41, 5.74) is 6.39. The van der Waals surface area contributed by atoms with E-state index in [0.717, 1.165) is 5.56 Å². The maximum absolute atomic E-state index is 11.6. The van der Waals surface area contributed by atoms with Crippen LogP contribution in [0.3, 0.4) is 0 Å². The van der Waals surface area contributed by atoms with Crippen molar-refractivity contribution in [1.29, 1.82) is 0 Å². The van der Waals surface area contributed by atoms with Crippen LogP contribution < -0.4 is 15.8 Å². The maximum Gasteiger partial charge on any atom is 0.240 e. The van der Waals surface area contributed by atoms with Gasteiger partial charge in [-0.3, -0.25) is 4.79 Å². The first-order chi connectivity index (χ1) is 9.26. The lowest BCUT2D eigenvalue weighted by Gasteiger charge is -2.15. The topological polar surface area (TPSA) is 101 Å². The Balaban J connectivity index is 2.76. The van der Waals surface area contributed by atoms with E-state index in [1.165, 1.54) is 19.2 Å². The highest BCUT2D eigenvalue weighted by Gasteiger charge is 2.14. The summed E-state index contributed by atoms with van der Waals surface area (Å²) >= 11 is 0. The largest absolute Gasteiger partial charge is 0.350 e. The Morgan fingerprint density at radius 2 is 1.80 bits per heavy atom. The van der Waals surface area contributed by atoms with Crippen molar-refractivity contribution in [3.63, 3.8) is 0 Å². The van der Waals surface area contributed by atoms with Crippen molar-refractivity contribution in [2.24, 2.45) is 5.73 Å². The molecule has 0 aliphatic carbocycles. The molecule has 2 unspecified atom stereocenters. The van der Waals surface area contributed by atoms with Gasteiger partial charge in [0.2, 0.25) is 15.9 Å². The Kier molecular flexibility index (Phi) is 5.67. The van der Waals surface area contributed by atoms with Crippen molar-refractivity contribution in [3.05, 3.63) is 29.8 Å². The van der Waals surface area contributed by atoms with Gasteiger partial charge in [-0.25, -0.2) is 13.1 Å². The summed E-state index contributed by atoms with van der Waals surface area (Å²) in [7, 11) is -2.07. The van der Waals surface area contributed by atoms with E-state index in [0.29, 0.717) is 0 Å². The number of amides is 1. The predicted molar refractivity (Wildman–Crippen MR) is 77.5 cm³/mol. The summed E-state index contributed by atoms with van der Waals surface area (Å²) in [6, 6.07) is 5.99. The van der Waals surface area contributed by atoms with E-state index in [4.69, 9.17) is 5.73 Å². The molecule has 1 aromatic rings. The first-order valence-corrected chi connectivity index (χ1v) is 7.83. The van der Waals surface area contributed by atoms with E-state index >= 15 is 0 Å². The Morgan fingerprint density at radius 3 is 2.25 bits per heavy atom. The zero-order valence-electron chi connectivity index (χ0n) is 11.9. The van der Waals surface area contributed by atoms with Crippen LogP contribution in [0.15, 0.2) is 29.2 Å². The molecular weight excluding hydrogens is 278 g/mol. The van der Waals surface area contributed by atoms with E-state index in [1.54, 1.807) is 19.1 Å². The van der Waals surface area contributed by atoms with E-state index < -0.39 is 10.0 Å². The van der Waals surface area contributed by atoms with Crippen LogP contribution in [-0.4, -0.2) is 27.4 Å². The molecule has 0 aliphatic rings. The molecule has 4 N–H and O–H groups in total. The van der Waals surface area contributed by atoms with Crippen LogP contribution in [0.2, 0.25) is 0 Å². The first kappa shape index (κ1) is 16.6. The Labute approximate surface area is 119 Å². The number of hydrogen-bond acceptors (Lipinski definition) is 4. The van der Waals surface area contributed by atoms with E-state index in [1.807, 2.05) is 6.92 Å². The maximum atomic E-state index is 11.6. The van der Waals surface area contributed by atoms with Gasteiger partial charge in [0.1, 0.15) is 0 Å². The van der Waals surface area contributed by atoms with Gasteiger partial charge in [-0.2, -0.15) is 0 Å². The van der Waals surface area contributed by atoms with Gasteiger partial charge in [0.25, 0.3) is 0 Å². The Morgan fingerprint density at radius 1 is 1.25 bits per heavy atom. The van der Waals surface area contributed by atoms with Crippen molar-refractivity contribution in [2.75, 3.05) is 7.05 Å². The molecule has 0 heterocycles. The van der Waals surface area contributed by atoms with E-state index in [-0.39, 0.29) is 29.3 Å². The van der Waals surface area contributed by atoms with E-state index in [9.17, 15) is 13.2 Å². The average Bonchev–Trinajstić information content (AvgIpc) is 2.37. The number of carbonyl (C=O) groups excluding carboxylic acids is 1. The SMILES string of the molecule is CNS(=O)(=O)c1ccc(C(C)NC(=O)CC(C)N)cc1. The third-order valence-corrected chi connectivity index (χ3v) is 4.27. The van der Waals surface area contributed by atoms with Crippen LogP contribution >= 0.6 is 0 Å². The van der Waals surface area contributed by atoms with Crippen LogP contribution in [0.1, 0.15) is 31.9 Å². The van der Waals surface area contributed by atoms with Gasteiger partial charge in [0.05, 0.1) is 10.9 Å². The number of rotatable bonds is 6. The number of benzene rings is 1. The number of nitrogens with two attached hydrogens (primary N) is 1. The second-order valence-electron chi connectivity index (χ2n) is 4.75. The molecule has 112 valence electrons. The highest BCUT2D eigenvalue weighted by atomic mass is 32.2. The molecule has 6 nitrogen and oxygen atoms in total. The van der Waals surface area contributed by atoms with Gasteiger partial charge in [-0.1, -0.05) is 12.1 Å². The van der Waals surface area contributed by atoms with Gasteiger partial charge >= 0.3 is 0 Å². The summed E-state index contributed by atoms with van der Waals surface area (Å²) in [4.78, 5) is 11.8. The van der Waals surface area contributed by atoms with Crippen molar-refractivity contribution in [1.82, 2.24) is 10.0 Å². The zero-order chi connectivity index (χ0) is 15.3. The molecule has 0 radical (unpaired) electrons. The molecule has 0 bridgehead atoms. The van der Waals surface area contributed by atoms with Gasteiger partial charge in [-0.05, 0) is 38.6 Å². The van der Waals surface area contributed by atoms with Gasteiger partial charge in [-0.15, -0.1) is 0 Å². The van der Waals surface area contributed by atoms with Crippen molar-refractivity contribution in [3.8, 4) is 0 Å². The quantitative estimate of drug-likeness (QED) is 0.712. The van der Waals surface area contributed by atoms with Gasteiger partial charge in [0, 0.05) is 12.5 Å². The minimum Gasteiger partial charge on any atom is -0.350 e. The van der Waals surface area contributed by atoms with Crippen LogP contribution in [0.4, 0.5) is 0 Å². The van der Waals surface area contributed by atoms with Crippen LogP contribution in [0, 0.1) is 0 Å². The Bertz CT molecular complexity index is 553. The van der Waals surface area contributed by atoms with Crippen molar-refractivity contribution >= 4 is 15.9 Å². The first-order valence-electron chi connectivity index (χ1n) is 6.34. The summed E-state index contributed by atoms with van der Waals surface area (Å²) in [6.45, 7) is 3.60. The minimum atomic E-state index is -3.43. The molecule has 20 heavy (non-hydrogen) atoms. The second kappa shape index (κ2) is 6.83. The smallest absolute Gasteiger partial charge is 0.240 e. The molecule has 1 aromatic carbocycles. The fourth-order valence-corrected chi connectivity index (χ4v) is 2.46. The summed E-state index contributed by atoms with van der Waals surface area (Å²) in [6.07, 6.45) is 0.260. The molecule has 0 aromatic heterocycles. The highest BCUT2D eigenvalue weighted by Crippen LogP contribution is 2.16. The lowest BCUT2D eigenvalue weighted by atomic mass is 10.1. The van der Waals surface area contributed by atoms with Crippen LogP contribution in [0.25, 0.3) is 0 Å². The fourth-order valence-electron chi connectivity index (χ4n) is 1.73. The number of carbonyl (C=O) groups is 1. The number of sulfonamides is 1. The molecule has 0 saturated heterocycles. The number of nitrogens with one attached hydrogen (secondary N) is 2. The van der Waals surface area contributed by atoms with Crippen molar-refractivity contribution < 1.29 is 13.2 Å². The molecule has 0 fully saturated rings. The monoisotopic (exact) mass is 299 g/mol. The van der Waals surface area contributed by atoms with Gasteiger partial charge in [0.15, 0.2) is 0 Å². The minimum absolute atomic E-state index is 0.126. The second-order valence-corrected chi connectivity index (χ2v) is 6.63. The lowest BCUT2D eigenvalue weighted by molar-refractivity contribution is -0.122. The highest BCUT2D eigenvalue weighted by molar-refractivity contribution is 7.89. The normalized spacial score (nSPS) is 14.6. The molecule has 2 atom stereocenters.